The number of carbonyl (C=O) groups excluding carboxylic acids is 1. The van der Waals surface area contributed by atoms with Gasteiger partial charge in [0.1, 0.15) is 5.82 Å². The van der Waals surface area contributed by atoms with Gasteiger partial charge in [0.05, 0.1) is 0 Å². The molecule has 0 unspecified atom stereocenters. The zero-order valence-corrected chi connectivity index (χ0v) is 11.9. The molecular formula is C16H23FN2O. The van der Waals surface area contributed by atoms with E-state index < -0.39 is 0 Å². The van der Waals surface area contributed by atoms with Gasteiger partial charge < -0.3 is 10.6 Å². The van der Waals surface area contributed by atoms with E-state index in [1.54, 1.807) is 12.1 Å². The maximum Gasteiger partial charge on any atom is 0.226 e. The maximum absolute atomic E-state index is 13.2. The number of carbonyl (C=O) groups is 1. The van der Waals surface area contributed by atoms with Gasteiger partial charge in [-0.25, -0.2) is 4.39 Å². The molecule has 0 atom stereocenters. The number of nitrogens with two attached hydrogens (primary N) is 1. The first-order chi connectivity index (χ1) is 9.72. The Labute approximate surface area is 120 Å². The van der Waals surface area contributed by atoms with Crippen LogP contribution < -0.4 is 10.6 Å². The van der Waals surface area contributed by atoms with Crippen LogP contribution >= 0.6 is 0 Å². The van der Waals surface area contributed by atoms with E-state index in [0.717, 1.165) is 62.9 Å². The lowest BCUT2D eigenvalue weighted by Gasteiger charge is -2.29. The fraction of sp³-hybridized carbons (Fsp3) is 0.562. The van der Waals surface area contributed by atoms with E-state index in [-0.39, 0.29) is 11.7 Å². The Bertz CT molecular complexity index is 462. The van der Waals surface area contributed by atoms with Crippen molar-refractivity contribution in [2.45, 2.75) is 44.9 Å². The number of aryl methyl sites for hydroxylation is 1. The monoisotopic (exact) mass is 278 g/mol. The zero-order valence-electron chi connectivity index (χ0n) is 11.9. The van der Waals surface area contributed by atoms with Crippen LogP contribution in [0.25, 0.3) is 0 Å². The van der Waals surface area contributed by atoms with E-state index in [1.165, 1.54) is 6.07 Å². The van der Waals surface area contributed by atoms with Gasteiger partial charge >= 0.3 is 0 Å². The fourth-order valence-corrected chi connectivity index (χ4v) is 2.73. The average molecular weight is 278 g/mol. The van der Waals surface area contributed by atoms with Crippen molar-refractivity contribution in [2.75, 3.05) is 18.0 Å². The summed E-state index contributed by atoms with van der Waals surface area (Å²) >= 11 is 0. The quantitative estimate of drug-likeness (QED) is 0.813. The summed E-state index contributed by atoms with van der Waals surface area (Å²) < 4.78 is 13.2. The van der Waals surface area contributed by atoms with E-state index in [9.17, 15) is 9.18 Å². The zero-order chi connectivity index (χ0) is 14.4. The van der Waals surface area contributed by atoms with E-state index in [0.29, 0.717) is 6.42 Å². The molecule has 0 radical (unpaired) electrons. The van der Waals surface area contributed by atoms with Gasteiger partial charge in [0.15, 0.2) is 0 Å². The van der Waals surface area contributed by atoms with Gasteiger partial charge in [0.25, 0.3) is 0 Å². The molecule has 1 aromatic carbocycles. The van der Waals surface area contributed by atoms with Crippen molar-refractivity contribution in [2.24, 2.45) is 5.73 Å². The topological polar surface area (TPSA) is 46.3 Å². The Morgan fingerprint density at radius 1 is 1.25 bits per heavy atom. The van der Waals surface area contributed by atoms with Crippen molar-refractivity contribution in [3.63, 3.8) is 0 Å². The highest BCUT2D eigenvalue weighted by Gasteiger charge is 2.22. The molecule has 20 heavy (non-hydrogen) atoms. The van der Waals surface area contributed by atoms with E-state index in [2.05, 4.69) is 0 Å². The maximum atomic E-state index is 13.2. The predicted molar refractivity (Wildman–Crippen MR) is 79.2 cm³/mol. The van der Waals surface area contributed by atoms with Crippen molar-refractivity contribution in [1.82, 2.24) is 0 Å². The average Bonchev–Trinajstić information content (AvgIpc) is 2.46. The normalized spacial score (nSPS) is 14.2. The van der Waals surface area contributed by atoms with Crippen molar-refractivity contribution < 1.29 is 9.18 Å². The third-order valence-corrected chi connectivity index (χ3v) is 3.81. The number of unbranched alkanes of at least 4 members (excludes halogenated alkanes) is 3. The number of anilines is 1. The predicted octanol–water partition coefficient (Wildman–Crippen LogP) is 3.01. The summed E-state index contributed by atoms with van der Waals surface area (Å²) in [6.07, 6.45) is 6.41. The summed E-state index contributed by atoms with van der Waals surface area (Å²) in [5, 5.41) is 0. The minimum Gasteiger partial charge on any atom is -0.330 e. The van der Waals surface area contributed by atoms with Crippen LogP contribution in [0.4, 0.5) is 10.1 Å². The number of nitrogens with zero attached hydrogens (tertiary/aromatic N) is 1. The number of fused-ring (bicyclic) bond motifs is 1. The number of benzene rings is 1. The summed E-state index contributed by atoms with van der Waals surface area (Å²) in [5.41, 5.74) is 7.29. The molecule has 0 fully saturated rings. The Kier molecular flexibility index (Phi) is 5.53. The second-order valence-corrected chi connectivity index (χ2v) is 5.37. The van der Waals surface area contributed by atoms with E-state index in [1.807, 2.05) is 4.90 Å². The molecular weight excluding hydrogens is 255 g/mol. The molecule has 1 aliphatic heterocycles. The highest BCUT2D eigenvalue weighted by molar-refractivity contribution is 5.94. The molecule has 1 amide bonds. The molecule has 1 aromatic rings. The van der Waals surface area contributed by atoms with Gasteiger partial charge in [-0.05, 0) is 56.0 Å². The Balaban J connectivity index is 1.91. The molecule has 1 heterocycles. The Hall–Kier alpha value is -1.42. The summed E-state index contributed by atoms with van der Waals surface area (Å²) in [4.78, 5) is 14.1. The minimum atomic E-state index is -0.222. The molecule has 0 bridgehead atoms. The lowest BCUT2D eigenvalue weighted by Crippen LogP contribution is -2.35. The fourth-order valence-electron chi connectivity index (χ4n) is 2.73. The first-order valence-electron chi connectivity index (χ1n) is 7.51. The highest BCUT2D eigenvalue weighted by Crippen LogP contribution is 2.28. The van der Waals surface area contributed by atoms with Crippen LogP contribution in [-0.2, 0) is 11.2 Å². The third-order valence-electron chi connectivity index (χ3n) is 3.81. The van der Waals surface area contributed by atoms with Crippen LogP contribution in [0, 0.1) is 5.82 Å². The smallest absolute Gasteiger partial charge is 0.226 e. The molecule has 4 heteroatoms. The molecule has 1 aliphatic rings. The SMILES string of the molecule is NCCCCCCC(=O)N1CCCc2cc(F)ccc21. The first-order valence-corrected chi connectivity index (χ1v) is 7.51. The third kappa shape index (κ3) is 3.79. The molecule has 0 saturated heterocycles. The first kappa shape index (κ1) is 15.0. The molecule has 2 rings (SSSR count). The Morgan fingerprint density at radius 3 is 2.85 bits per heavy atom. The van der Waals surface area contributed by atoms with Gasteiger partial charge in [-0.15, -0.1) is 0 Å². The lowest BCUT2D eigenvalue weighted by atomic mass is 10.0. The number of amides is 1. The summed E-state index contributed by atoms with van der Waals surface area (Å²) in [7, 11) is 0. The Morgan fingerprint density at radius 2 is 2.05 bits per heavy atom. The largest absolute Gasteiger partial charge is 0.330 e. The summed E-state index contributed by atoms with van der Waals surface area (Å²) in [6, 6.07) is 4.72. The lowest BCUT2D eigenvalue weighted by molar-refractivity contribution is -0.118. The molecule has 110 valence electrons. The van der Waals surface area contributed by atoms with Crippen LogP contribution in [0.1, 0.15) is 44.1 Å². The van der Waals surface area contributed by atoms with Gasteiger partial charge in [0.2, 0.25) is 5.91 Å². The molecule has 0 spiro atoms. The van der Waals surface area contributed by atoms with Crippen LogP contribution in [0.3, 0.4) is 0 Å². The van der Waals surface area contributed by atoms with E-state index >= 15 is 0 Å². The molecule has 3 nitrogen and oxygen atoms in total. The summed E-state index contributed by atoms with van der Waals surface area (Å²) in [6.45, 7) is 1.47. The van der Waals surface area contributed by atoms with Gasteiger partial charge in [-0.3, -0.25) is 4.79 Å². The van der Waals surface area contributed by atoms with Crippen LogP contribution in [0.5, 0.6) is 0 Å². The summed E-state index contributed by atoms with van der Waals surface area (Å²) in [5.74, 6) is -0.0647. The number of hydrogen-bond acceptors (Lipinski definition) is 2. The van der Waals surface area contributed by atoms with Crippen LogP contribution in [0.2, 0.25) is 0 Å². The van der Waals surface area contributed by atoms with Crippen molar-refractivity contribution in [1.29, 1.82) is 0 Å². The van der Waals surface area contributed by atoms with Crippen molar-refractivity contribution in [3.05, 3.63) is 29.6 Å². The number of hydrogen-bond donors (Lipinski definition) is 1. The molecule has 0 saturated carbocycles. The number of rotatable bonds is 6. The van der Waals surface area contributed by atoms with Crippen LogP contribution in [0.15, 0.2) is 18.2 Å². The molecule has 2 N–H and O–H groups in total. The van der Waals surface area contributed by atoms with Crippen molar-refractivity contribution >= 4 is 11.6 Å². The number of halogens is 1. The molecule has 0 aromatic heterocycles. The standard InChI is InChI=1S/C16H23FN2O/c17-14-8-9-15-13(12-14)6-5-11-19(15)16(20)7-3-1-2-4-10-18/h8-9,12H,1-7,10-11,18H2. The second kappa shape index (κ2) is 7.39. The highest BCUT2D eigenvalue weighted by atomic mass is 19.1. The van der Waals surface area contributed by atoms with Gasteiger partial charge in [-0.2, -0.15) is 0 Å². The van der Waals surface area contributed by atoms with Crippen LogP contribution in [-0.4, -0.2) is 19.0 Å². The van der Waals surface area contributed by atoms with Crippen molar-refractivity contribution in [3.8, 4) is 0 Å². The molecule has 0 aliphatic carbocycles. The van der Waals surface area contributed by atoms with Gasteiger partial charge in [-0.1, -0.05) is 12.8 Å². The minimum absolute atomic E-state index is 0.158. The second-order valence-electron chi connectivity index (χ2n) is 5.37. The van der Waals surface area contributed by atoms with E-state index in [4.69, 9.17) is 5.73 Å². The van der Waals surface area contributed by atoms with Gasteiger partial charge in [0, 0.05) is 18.7 Å².